The Morgan fingerprint density at radius 2 is 2.05 bits per heavy atom. The summed E-state index contributed by atoms with van der Waals surface area (Å²) in [6, 6.07) is 13.5. The van der Waals surface area contributed by atoms with Crippen molar-refractivity contribution in [2.24, 2.45) is 0 Å². The van der Waals surface area contributed by atoms with E-state index in [1.165, 1.54) is 17.4 Å². The smallest absolute Gasteiger partial charge is 0.250 e. The van der Waals surface area contributed by atoms with Crippen LogP contribution in [0, 0.1) is 6.92 Å². The molecule has 0 spiro atoms. The van der Waals surface area contributed by atoms with E-state index in [0.717, 1.165) is 21.3 Å². The first-order valence-corrected chi connectivity index (χ1v) is 7.92. The maximum Gasteiger partial charge on any atom is 0.250 e. The minimum atomic E-state index is -0.203. The number of hydrogen-bond acceptors (Lipinski definition) is 3. The number of carbonyl (C=O) groups excluding carboxylic acids is 1. The van der Waals surface area contributed by atoms with E-state index < -0.39 is 0 Å². The minimum absolute atomic E-state index is 0.203. The van der Waals surface area contributed by atoms with Crippen LogP contribution >= 0.6 is 22.9 Å². The number of nitrogens with one attached hydrogen (secondary N) is 1. The number of benzene rings is 2. The van der Waals surface area contributed by atoms with Crippen LogP contribution in [0.15, 0.2) is 48.5 Å². The summed E-state index contributed by atoms with van der Waals surface area (Å²) in [7, 11) is 0. The first-order chi connectivity index (χ1) is 10.6. The van der Waals surface area contributed by atoms with E-state index >= 15 is 0 Å². The van der Waals surface area contributed by atoms with E-state index in [2.05, 4.69) is 10.3 Å². The number of rotatable bonds is 3. The van der Waals surface area contributed by atoms with Crippen molar-refractivity contribution < 1.29 is 4.79 Å². The molecule has 0 aliphatic carbocycles. The Hall–Kier alpha value is -2.17. The Bertz CT molecular complexity index is 817. The highest BCUT2D eigenvalue weighted by molar-refractivity contribution is 7.22. The van der Waals surface area contributed by atoms with Crippen molar-refractivity contribution in [1.82, 2.24) is 4.98 Å². The number of halogens is 1. The molecule has 5 heteroatoms. The molecule has 3 rings (SSSR count). The first-order valence-electron chi connectivity index (χ1n) is 6.72. The number of amides is 1. The summed E-state index contributed by atoms with van der Waals surface area (Å²) in [5.41, 5.74) is 2.77. The zero-order chi connectivity index (χ0) is 15.5. The predicted molar refractivity (Wildman–Crippen MR) is 93.5 cm³/mol. The van der Waals surface area contributed by atoms with E-state index in [1.54, 1.807) is 6.08 Å². The molecular weight excluding hydrogens is 316 g/mol. The normalized spacial score (nSPS) is 11.2. The van der Waals surface area contributed by atoms with Gasteiger partial charge < -0.3 is 0 Å². The van der Waals surface area contributed by atoms with Gasteiger partial charge in [-0.25, -0.2) is 4.98 Å². The number of nitrogens with zero attached hydrogens (tertiary/aromatic N) is 1. The van der Waals surface area contributed by atoms with Crippen molar-refractivity contribution in [2.75, 3.05) is 5.32 Å². The summed E-state index contributed by atoms with van der Waals surface area (Å²) in [5.74, 6) is -0.203. The molecule has 0 fully saturated rings. The molecule has 1 amide bonds. The predicted octanol–water partition coefficient (Wildman–Crippen LogP) is 4.91. The summed E-state index contributed by atoms with van der Waals surface area (Å²) in [4.78, 5) is 16.3. The van der Waals surface area contributed by atoms with Gasteiger partial charge in [0.05, 0.1) is 10.2 Å². The van der Waals surface area contributed by atoms with Gasteiger partial charge in [0.2, 0.25) is 5.91 Å². The summed E-state index contributed by atoms with van der Waals surface area (Å²) in [6.45, 7) is 1.95. The van der Waals surface area contributed by atoms with Crippen LogP contribution in [0.3, 0.4) is 0 Å². The number of aromatic nitrogens is 1. The third-order valence-corrected chi connectivity index (χ3v) is 4.47. The van der Waals surface area contributed by atoms with E-state index in [1.807, 2.05) is 49.4 Å². The number of fused-ring (bicyclic) bond motifs is 1. The summed E-state index contributed by atoms with van der Waals surface area (Å²) >= 11 is 7.52. The Kier molecular flexibility index (Phi) is 4.22. The van der Waals surface area contributed by atoms with Gasteiger partial charge in [-0.1, -0.05) is 53.3 Å². The van der Waals surface area contributed by atoms with E-state index in [4.69, 9.17) is 11.6 Å². The molecule has 0 radical (unpaired) electrons. The maximum absolute atomic E-state index is 11.9. The van der Waals surface area contributed by atoms with Gasteiger partial charge in [0.25, 0.3) is 0 Å². The average molecular weight is 329 g/mol. The molecule has 0 aliphatic rings. The lowest BCUT2D eigenvalue weighted by Gasteiger charge is -1.95. The van der Waals surface area contributed by atoms with Crippen LogP contribution < -0.4 is 5.32 Å². The number of hydrogen-bond donors (Lipinski definition) is 1. The largest absolute Gasteiger partial charge is 0.298 e. The molecule has 2 aromatic carbocycles. The lowest BCUT2D eigenvalue weighted by molar-refractivity contribution is -0.111. The van der Waals surface area contributed by atoms with E-state index in [-0.39, 0.29) is 5.91 Å². The van der Waals surface area contributed by atoms with Crippen molar-refractivity contribution in [3.8, 4) is 0 Å². The number of thiazole rings is 1. The highest BCUT2D eigenvalue weighted by Gasteiger charge is 2.08. The molecule has 0 saturated carbocycles. The fourth-order valence-corrected chi connectivity index (χ4v) is 3.09. The van der Waals surface area contributed by atoms with Gasteiger partial charge in [-0.05, 0) is 36.3 Å². The number of aryl methyl sites for hydroxylation is 1. The SMILES string of the molecule is Cc1cc2sc(NC(=O)C=Cc3ccccc3)nc2cc1Cl. The van der Waals surface area contributed by atoms with E-state index in [0.29, 0.717) is 10.2 Å². The zero-order valence-corrected chi connectivity index (χ0v) is 13.4. The van der Waals surface area contributed by atoms with Gasteiger partial charge in [-0.15, -0.1) is 0 Å². The van der Waals surface area contributed by atoms with Crippen molar-refractivity contribution in [1.29, 1.82) is 0 Å². The maximum atomic E-state index is 11.9. The molecular formula is C17H13ClN2OS. The van der Waals surface area contributed by atoms with Gasteiger partial charge in [-0.3, -0.25) is 10.1 Å². The van der Waals surface area contributed by atoms with E-state index in [9.17, 15) is 4.79 Å². The highest BCUT2D eigenvalue weighted by atomic mass is 35.5. The Morgan fingerprint density at radius 3 is 2.82 bits per heavy atom. The fourth-order valence-electron chi connectivity index (χ4n) is 1.99. The van der Waals surface area contributed by atoms with Gasteiger partial charge in [0.1, 0.15) is 0 Å². The second-order valence-corrected chi connectivity index (χ2v) is 6.26. The Morgan fingerprint density at radius 1 is 1.27 bits per heavy atom. The van der Waals surface area contributed by atoms with Crippen LogP contribution in [0.4, 0.5) is 5.13 Å². The summed E-state index contributed by atoms with van der Waals surface area (Å²) in [5, 5.41) is 4.03. The number of anilines is 1. The second-order valence-electron chi connectivity index (χ2n) is 4.82. The summed E-state index contributed by atoms with van der Waals surface area (Å²) < 4.78 is 1.00. The van der Waals surface area contributed by atoms with Gasteiger partial charge in [-0.2, -0.15) is 0 Å². The standard InChI is InChI=1S/C17H13ClN2OS/c1-11-9-15-14(10-13(11)18)19-17(22-15)20-16(21)8-7-12-5-3-2-4-6-12/h2-10H,1H3,(H,19,20,21). The molecule has 3 nitrogen and oxygen atoms in total. The quantitative estimate of drug-likeness (QED) is 0.694. The molecule has 0 unspecified atom stereocenters. The summed E-state index contributed by atoms with van der Waals surface area (Å²) in [6.07, 6.45) is 3.27. The molecule has 22 heavy (non-hydrogen) atoms. The molecule has 1 aromatic heterocycles. The molecule has 1 heterocycles. The van der Waals surface area contributed by atoms with Crippen LogP contribution in [0.1, 0.15) is 11.1 Å². The molecule has 0 aliphatic heterocycles. The lowest BCUT2D eigenvalue weighted by Crippen LogP contribution is -2.07. The van der Waals surface area contributed by atoms with Crippen LogP contribution in [0.2, 0.25) is 5.02 Å². The average Bonchev–Trinajstić information content (AvgIpc) is 2.88. The zero-order valence-electron chi connectivity index (χ0n) is 11.8. The van der Waals surface area contributed by atoms with Crippen LogP contribution in [0.5, 0.6) is 0 Å². The Labute approximate surface area is 137 Å². The molecule has 0 bridgehead atoms. The topological polar surface area (TPSA) is 42.0 Å². The van der Waals surface area contributed by atoms with Crippen molar-refractivity contribution in [3.63, 3.8) is 0 Å². The first kappa shape index (κ1) is 14.8. The second kappa shape index (κ2) is 6.30. The van der Waals surface area contributed by atoms with Crippen molar-refractivity contribution in [2.45, 2.75) is 6.92 Å². The molecule has 0 atom stereocenters. The third kappa shape index (κ3) is 3.35. The third-order valence-electron chi connectivity index (χ3n) is 3.13. The molecule has 110 valence electrons. The van der Waals surface area contributed by atoms with Gasteiger partial charge >= 0.3 is 0 Å². The highest BCUT2D eigenvalue weighted by Crippen LogP contribution is 2.30. The fraction of sp³-hybridized carbons (Fsp3) is 0.0588. The molecule has 1 N–H and O–H groups in total. The number of carbonyl (C=O) groups is 1. The Balaban J connectivity index is 1.75. The molecule has 0 saturated heterocycles. The van der Waals surface area contributed by atoms with Crippen LogP contribution in [-0.4, -0.2) is 10.9 Å². The molecule has 3 aromatic rings. The lowest BCUT2D eigenvalue weighted by atomic mass is 10.2. The van der Waals surface area contributed by atoms with Gasteiger partial charge in [0, 0.05) is 11.1 Å². The van der Waals surface area contributed by atoms with Crippen LogP contribution in [0.25, 0.3) is 16.3 Å². The minimum Gasteiger partial charge on any atom is -0.298 e. The van der Waals surface area contributed by atoms with Crippen molar-refractivity contribution in [3.05, 3.63) is 64.7 Å². The monoisotopic (exact) mass is 328 g/mol. The van der Waals surface area contributed by atoms with Crippen LogP contribution in [-0.2, 0) is 4.79 Å². The van der Waals surface area contributed by atoms with Gasteiger partial charge in [0.15, 0.2) is 5.13 Å². The van der Waals surface area contributed by atoms with Crippen molar-refractivity contribution >= 4 is 50.3 Å².